The molecule has 0 aliphatic heterocycles. The van der Waals surface area contributed by atoms with Crippen molar-refractivity contribution in [1.82, 2.24) is 4.98 Å². The summed E-state index contributed by atoms with van der Waals surface area (Å²) in [5.41, 5.74) is 2.70. The van der Waals surface area contributed by atoms with E-state index >= 15 is 0 Å². The summed E-state index contributed by atoms with van der Waals surface area (Å²) in [6, 6.07) is 11.4. The molecule has 0 fully saturated rings. The smallest absolute Gasteiger partial charge is 0.348 e. The molecule has 2 heterocycles. The van der Waals surface area contributed by atoms with E-state index < -0.39 is 0 Å². The molecule has 0 unspecified atom stereocenters. The Bertz CT molecular complexity index is 987. The summed E-state index contributed by atoms with van der Waals surface area (Å²) in [6.07, 6.45) is 5.75. The molecular formula is C22H22N2O3S2. The van der Waals surface area contributed by atoms with Crippen LogP contribution in [0.2, 0.25) is 0 Å². The second-order valence-corrected chi connectivity index (χ2v) is 8.98. The fraction of sp³-hybridized carbons (Fsp3) is 0.318. The van der Waals surface area contributed by atoms with Gasteiger partial charge in [0.2, 0.25) is 5.91 Å². The fourth-order valence-corrected chi connectivity index (χ4v) is 5.47. The average molecular weight is 427 g/mol. The normalized spacial score (nSPS) is 13.4. The highest BCUT2D eigenvalue weighted by molar-refractivity contribution is 7.14. The molecule has 0 N–H and O–H groups in total. The fourth-order valence-electron chi connectivity index (χ4n) is 3.45. The average Bonchev–Trinajstić information content (AvgIpc) is 3.29. The Hall–Kier alpha value is -2.51. The third-order valence-corrected chi connectivity index (χ3v) is 6.95. The van der Waals surface area contributed by atoms with Crippen molar-refractivity contribution >= 4 is 45.4 Å². The van der Waals surface area contributed by atoms with E-state index in [9.17, 15) is 9.59 Å². The lowest BCUT2D eigenvalue weighted by Gasteiger charge is -2.17. The van der Waals surface area contributed by atoms with Crippen LogP contribution in [0.4, 0.5) is 10.8 Å². The Labute approximate surface area is 178 Å². The number of benzene rings is 1. The number of para-hydroxylation sites is 1. The van der Waals surface area contributed by atoms with Gasteiger partial charge < -0.3 is 4.74 Å². The Morgan fingerprint density at radius 3 is 2.72 bits per heavy atom. The second kappa shape index (κ2) is 8.88. The molecule has 5 nitrogen and oxygen atoms in total. The number of carbonyl (C=O) groups excluding carboxylic acids is 2. The molecule has 1 aliphatic carbocycles. The number of nitrogens with zero attached hydrogens (tertiary/aromatic N) is 2. The molecule has 0 atom stereocenters. The maximum atomic E-state index is 12.5. The zero-order valence-corrected chi connectivity index (χ0v) is 17.9. The molecule has 0 radical (unpaired) electrons. The Morgan fingerprint density at radius 1 is 1.14 bits per heavy atom. The van der Waals surface area contributed by atoms with E-state index in [-0.39, 0.29) is 18.5 Å². The number of fused-ring (bicyclic) bond motifs is 1. The first kappa shape index (κ1) is 19.8. The lowest BCUT2D eigenvalue weighted by Crippen LogP contribution is -2.22. The minimum Gasteiger partial charge on any atom is -0.455 e. The molecule has 0 bridgehead atoms. The predicted molar refractivity (Wildman–Crippen MR) is 116 cm³/mol. The van der Waals surface area contributed by atoms with Gasteiger partial charge in [0.1, 0.15) is 11.5 Å². The van der Waals surface area contributed by atoms with Crippen LogP contribution in [-0.4, -0.2) is 16.9 Å². The molecule has 2 aromatic heterocycles. The SMILES string of the molecule is CC(=O)N(c1ccccc1)c1nc(COC(=O)c2cc3c(s2)CCCCC3)cs1. The van der Waals surface area contributed by atoms with Gasteiger partial charge in [-0.1, -0.05) is 24.6 Å². The highest BCUT2D eigenvalue weighted by Crippen LogP contribution is 2.31. The third-order valence-electron chi connectivity index (χ3n) is 4.86. The van der Waals surface area contributed by atoms with Crippen molar-refractivity contribution in [1.29, 1.82) is 0 Å². The van der Waals surface area contributed by atoms with E-state index in [0.29, 0.717) is 15.7 Å². The molecule has 150 valence electrons. The van der Waals surface area contributed by atoms with Gasteiger partial charge in [-0.2, -0.15) is 0 Å². The molecule has 0 saturated carbocycles. The van der Waals surface area contributed by atoms with Crippen molar-refractivity contribution in [2.75, 3.05) is 4.90 Å². The minimum atomic E-state index is -0.302. The first-order chi connectivity index (χ1) is 14.1. The van der Waals surface area contributed by atoms with Crippen LogP contribution < -0.4 is 4.90 Å². The molecular weight excluding hydrogens is 404 g/mol. The van der Waals surface area contributed by atoms with Crippen LogP contribution in [0, 0.1) is 0 Å². The van der Waals surface area contributed by atoms with E-state index in [4.69, 9.17) is 4.74 Å². The van der Waals surface area contributed by atoms with Gasteiger partial charge in [-0.15, -0.1) is 22.7 Å². The topological polar surface area (TPSA) is 59.5 Å². The Morgan fingerprint density at radius 2 is 1.93 bits per heavy atom. The largest absolute Gasteiger partial charge is 0.455 e. The summed E-state index contributed by atoms with van der Waals surface area (Å²) in [6.45, 7) is 1.60. The zero-order chi connectivity index (χ0) is 20.2. The van der Waals surface area contributed by atoms with Gasteiger partial charge in [0, 0.05) is 17.2 Å². The van der Waals surface area contributed by atoms with Gasteiger partial charge in [-0.3, -0.25) is 9.69 Å². The molecule has 1 aromatic carbocycles. The standard InChI is InChI=1S/C22H22N2O3S2/c1-15(25)24(18-9-5-3-6-10-18)22-23-17(14-28-22)13-27-21(26)20-12-16-8-4-2-7-11-19(16)29-20/h3,5-6,9-10,12,14H,2,4,7-8,11,13H2,1H3. The van der Waals surface area contributed by atoms with Crippen LogP contribution in [-0.2, 0) is 29.0 Å². The number of amides is 1. The van der Waals surface area contributed by atoms with Crippen LogP contribution in [0.5, 0.6) is 0 Å². The summed E-state index contributed by atoms with van der Waals surface area (Å²) in [4.78, 5) is 32.7. The molecule has 0 saturated heterocycles. The lowest BCUT2D eigenvalue weighted by atomic mass is 10.1. The quantitative estimate of drug-likeness (QED) is 0.398. The first-order valence-electron chi connectivity index (χ1n) is 9.70. The second-order valence-electron chi connectivity index (χ2n) is 7.01. The van der Waals surface area contributed by atoms with Crippen molar-refractivity contribution in [3.05, 3.63) is 62.8 Å². The van der Waals surface area contributed by atoms with E-state index in [0.717, 1.165) is 18.5 Å². The van der Waals surface area contributed by atoms with E-state index in [1.165, 1.54) is 48.0 Å². The highest BCUT2D eigenvalue weighted by Gasteiger charge is 2.20. The number of thiazole rings is 1. The Kier molecular flexibility index (Phi) is 6.06. The minimum absolute atomic E-state index is 0.0957. The number of thiophene rings is 1. The number of aryl methyl sites for hydroxylation is 2. The summed E-state index contributed by atoms with van der Waals surface area (Å²) >= 11 is 2.92. The summed E-state index contributed by atoms with van der Waals surface area (Å²) in [5, 5.41) is 2.39. The number of hydrogen-bond acceptors (Lipinski definition) is 6. The maximum absolute atomic E-state index is 12.5. The summed E-state index contributed by atoms with van der Waals surface area (Å²) < 4.78 is 5.49. The molecule has 7 heteroatoms. The Balaban J connectivity index is 1.43. The molecule has 0 spiro atoms. The maximum Gasteiger partial charge on any atom is 0.348 e. The van der Waals surface area contributed by atoms with E-state index in [1.807, 2.05) is 41.8 Å². The molecule has 3 aromatic rings. The van der Waals surface area contributed by atoms with E-state index in [2.05, 4.69) is 4.98 Å². The molecule has 1 amide bonds. The summed E-state index contributed by atoms with van der Waals surface area (Å²) in [5.74, 6) is -0.418. The van der Waals surface area contributed by atoms with Crippen LogP contribution >= 0.6 is 22.7 Å². The van der Waals surface area contributed by atoms with Crippen molar-refractivity contribution in [3.8, 4) is 0 Å². The van der Waals surface area contributed by atoms with Gasteiger partial charge in [-0.05, 0) is 49.4 Å². The van der Waals surface area contributed by atoms with Crippen molar-refractivity contribution in [2.45, 2.75) is 45.6 Å². The van der Waals surface area contributed by atoms with Crippen LogP contribution in [0.3, 0.4) is 0 Å². The number of hydrogen-bond donors (Lipinski definition) is 0. The van der Waals surface area contributed by atoms with Gasteiger partial charge in [0.25, 0.3) is 0 Å². The van der Waals surface area contributed by atoms with Crippen molar-refractivity contribution in [2.24, 2.45) is 0 Å². The molecule has 1 aliphatic rings. The number of rotatable bonds is 5. The van der Waals surface area contributed by atoms with Crippen LogP contribution in [0.15, 0.2) is 41.8 Å². The van der Waals surface area contributed by atoms with Gasteiger partial charge in [-0.25, -0.2) is 9.78 Å². The van der Waals surface area contributed by atoms with Crippen molar-refractivity contribution in [3.63, 3.8) is 0 Å². The zero-order valence-electron chi connectivity index (χ0n) is 16.2. The number of esters is 1. The van der Waals surface area contributed by atoms with E-state index in [1.54, 1.807) is 16.2 Å². The molecule has 29 heavy (non-hydrogen) atoms. The predicted octanol–water partition coefficient (Wildman–Crippen LogP) is 5.52. The number of ether oxygens (including phenoxy) is 1. The number of anilines is 2. The molecule has 4 rings (SSSR count). The van der Waals surface area contributed by atoms with Gasteiger partial charge in [0.15, 0.2) is 5.13 Å². The van der Waals surface area contributed by atoms with Crippen LogP contribution in [0.1, 0.15) is 52.0 Å². The monoisotopic (exact) mass is 426 g/mol. The third kappa shape index (κ3) is 4.57. The lowest BCUT2D eigenvalue weighted by molar-refractivity contribution is -0.115. The first-order valence-corrected chi connectivity index (χ1v) is 11.4. The van der Waals surface area contributed by atoms with Gasteiger partial charge >= 0.3 is 5.97 Å². The van der Waals surface area contributed by atoms with Crippen LogP contribution in [0.25, 0.3) is 0 Å². The number of carbonyl (C=O) groups is 2. The van der Waals surface area contributed by atoms with Crippen molar-refractivity contribution < 1.29 is 14.3 Å². The van der Waals surface area contributed by atoms with Gasteiger partial charge in [0.05, 0.1) is 11.4 Å². The highest BCUT2D eigenvalue weighted by atomic mass is 32.1. The summed E-state index contributed by atoms with van der Waals surface area (Å²) in [7, 11) is 0. The number of aromatic nitrogens is 1.